The summed E-state index contributed by atoms with van der Waals surface area (Å²) in [5.74, 6) is 1.07. The van der Waals surface area contributed by atoms with E-state index in [1.165, 1.54) is 14.0 Å². The lowest BCUT2D eigenvalue weighted by Gasteiger charge is -2.26. The minimum absolute atomic E-state index is 0.111. The van der Waals surface area contributed by atoms with Gasteiger partial charge in [0.2, 0.25) is 5.91 Å². The van der Waals surface area contributed by atoms with Crippen LogP contribution in [-0.4, -0.2) is 25.7 Å². The molecule has 1 aliphatic heterocycles. The highest BCUT2D eigenvalue weighted by Crippen LogP contribution is 2.32. The van der Waals surface area contributed by atoms with Crippen LogP contribution in [0.25, 0.3) is 0 Å². The van der Waals surface area contributed by atoms with Crippen molar-refractivity contribution in [3.63, 3.8) is 0 Å². The van der Waals surface area contributed by atoms with Gasteiger partial charge < -0.3 is 25.4 Å². The van der Waals surface area contributed by atoms with Crippen LogP contribution in [-0.2, 0) is 4.79 Å². The molecule has 3 amide bonds. The smallest absolute Gasteiger partial charge is 0.319 e. The minimum atomic E-state index is -0.318. The fourth-order valence-electron chi connectivity index (χ4n) is 2.88. The summed E-state index contributed by atoms with van der Waals surface area (Å²) in [7, 11) is 1.50. The average Bonchev–Trinajstić information content (AvgIpc) is 2.63. The Kier molecular flexibility index (Phi) is 5.26. The lowest BCUT2D eigenvalue weighted by atomic mass is 10.0. The molecule has 1 heterocycles. The van der Waals surface area contributed by atoms with Crippen molar-refractivity contribution < 1.29 is 19.1 Å². The van der Waals surface area contributed by atoms with Crippen molar-refractivity contribution in [1.29, 1.82) is 0 Å². The van der Waals surface area contributed by atoms with E-state index in [9.17, 15) is 9.59 Å². The Balaban J connectivity index is 1.68. The molecule has 26 heavy (non-hydrogen) atoms. The van der Waals surface area contributed by atoms with Crippen molar-refractivity contribution in [2.24, 2.45) is 0 Å². The summed E-state index contributed by atoms with van der Waals surface area (Å²) in [5, 5.41) is 8.43. The number of amides is 3. The summed E-state index contributed by atoms with van der Waals surface area (Å²) in [4.78, 5) is 23.6. The van der Waals surface area contributed by atoms with Crippen molar-refractivity contribution >= 4 is 23.3 Å². The number of rotatable bonds is 4. The van der Waals surface area contributed by atoms with Crippen LogP contribution < -0.4 is 25.4 Å². The van der Waals surface area contributed by atoms with E-state index >= 15 is 0 Å². The number of carbonyl (C=O) groups is 2. The van der Waals surface area contributed by atoms with Gasteiger partial charge >= 0.3 is 6.03 Å². The molecule has 0 saturated carbocycles. The summed E-state index contributed by atoms with van der Waals surface area (Å²) < 4.78 is 10.9. The Morgan fingerprint density at radius 1 is 1.15 bits per heavy atom. The Hall–Kier alpha value is -3.22. The van der Waals surface area contributed by atoms with Crippen molar-refractivity contribution in [3.8, 4) is 11.5 Å². The summed E-state index contributed by atoms with van der Waals surface area (Å²) in [5.41, 5.74) is 2.07. The summed E-state index contributed by atoms with van der Waals surface area (Å²) in [6.45, 7) is 1.98. The van der Waals surface area contributed by atoms with Crippen LogP contribution in [0.1, 0.15) is 24.9 Å². The predicted octanol–water partition coefficient (Wildman–Crippen LogP) is 3.30. The molecule has 0 radical (unpaired) electrons. The molecule has 1 atom stereocenters. The monoisotopic (exact) mass is 355 g/mol. The Morgan fingerprint density at radius 3 is 2.73 bits per heavy atom. The molecule has 0 unspecified atom stereocenters. The molecule has 0 aliphatic carbocycles. The van der Waals surface area contributed by atoms with E-state index in [1.54, 1.807) is 18.2 Å². The third-order valence-electron chi connectivity index (χ3n) is 4.03. The maximum atomic E-state index is 12.4. The van der Waals surface area contributed by atoms with Crippen LogP contribution in [0.3, 0.4) is 0 Å². The van der Waals surface area contributed by atoms with Gasteiger partial charge in [0.25, 0.3) is 0 Å². The van der Waals surface area contributed by atoms with Crippen molar-refractivity contribution in [2.45, 2.75) is 19.4 Å². The van der Waals surface area contributed by atoms with Gasteiger partial charge in [-0.2, -0.15) is 0 Å². The number of fused-ring (bicyclic) bond motifs is 1. The van der Waals surface area contributed by atoms with Gasteiger partial charge in [-0.3, -0.25) is 4.79 Å². The number of hydrogen-bond acceptors (Lipinski definition) is 4. The number of ether oxygens (including phenoxy) is 2. The zero-order valence-electron chi connectivity index (χ0n) is 14.7. The molecule has 2 aromatic rings. The first-order valence-corrected chi connectivity index (χ1v) is 8.31. The second kappa shape index (κ2) is 7.77. The van der Waals surface area contributed by atoms with Crippen molar-refractivity contribution in [2.75, 3.05) is 24.4 Å². The molecule has 1 aliphatic rings. The molecule has 7 heteroatoms. The normalized spacial score (nSPS) is 15.2. The molecule has 0 saturated heterocycles. The first-order valence-electron chi connectivity index (χ1n) is 8.31. The van der Waals surface area contributed by atoms with Gasteiger partial charge in [-0.1, -0.05) is 18.2 Å². The Bertz CT molecular complexity index is 822. The van der Waals surface area contributed by atoms with E-state index < -0.39 is 0 Å². The van der Waals surface area contributed by atoms with Crippen LogP contribution in [0, 0.1) is 0 Å². The van der Waals surface area contributed by atoms with Crippen LogP contribution >= 0.6 is 0 Å². The quantitative estimate of drug-likeness (QED) is 0.785. The fraction of sp³-hybridized carbons (Fsp3) is 0.263. The van der Waals surface area contributed by atoms with E-state index in [1.807, 2.05) is 24.3 Å². The summed E-state index contributed by atoms with van der Waals surface area (Å²) >= 11 is 0. The van der Waals surface area contributed by atoms with Crippen LogP contribution in [0.4, 0.5) is 16.2 Å². The van der Waals surface area contributed by atoms with Gasteiger partial charge in [0, 0.05) is 30.7 Å². The number of benzene rings is 2. The van der Waals surface area contributed by atoms with Gasteiger partial charge in [0.15, 0.2) is 0 Å². The SMILES string of the molecule is COc1cc(NC(=O)N[C@@H]2CCOc3ccccc32)ccc1NC(C)=O. The third-order valence-corrected chi connectivity index (χ3v) is 4.03. The second-order valence-corrected chi connectivity index (χ2v) is 5.92. The van der Waals surface area contributed by atoms with E-state index in [0.29, 0.717) is 30.2 Å². The number of para-hydroxylation sites is 1. The number of urea groups is 1. The maximum Gasteiger partial charge on any atom is 0.319 e. The molecule has 7 nitrogen and oxygen atoms in total. The number of hydrogen-bond donors (Lipinski definition) is 3. The van der Waals surface area contributed by atoms with E-state index in [2.05, 4.69) is 16.0 Å². The number of nitrogens with one attached hydrogen (secondary N) is 3. The van der Waals surface area contributed by atoms with Gasteiger partial charge in [-0.25, -0.2) is 4.79 Å². The Labute approximate surface area is 151 Å². The van der Waals surface area contributed by atoms with E-state index in [4.69, 9.17) is 9.47 Å². The van der Waals surface area contributed by atoms with Gasteiger partial charge in [-0.15, -0.1) is 0 Å². The largest absolute Gasteiger partial charge is 0.494 e. The van der Waals surface area contributed by atoms with Crippen LogP contribution in [0.2, 0.25) is 0 Å². The lowest BCUT2D eigenvalue weighted by Crippen LogP contribution is -2.35. The van der Waals surface area contributed by atoms with Crippen LogP contribution in [0.5, 0.6) is 11.5 Å². The predicted molar refractivity (Wildman–Crippen MR) is 98.7 cm³/mol. The molecule has 3 N–H and O–H groups in total. The molecular weight excluding hydrogens is 334 g/mol. The number of carbonyl (C=O) groups excluding carboxylic acids is 2. The molecule has 0 aromatic heterocycles. The zero-order chi connectivity index (χ0) is 18.5. The minimum Gasteiger partial charge on any atom is -0.494 e. The highest BCUT2D eigenvalue weighted by molar-refractivity contribution is 5.93. The molecule has 0 fully saturated rings. The third kappa shape index (κ3) is 4.05. The summed E-state index contributed by atoms with van der Waals surface area (Å²) in [6, 6.07) is 12.3. The van der Waals surface area contributed by atoms with Crippen molar-refractivity contribution in [1.82, 2.24) is 5.32 Å². The molecule has 136 valence electrons. The molecule has 3 rings (SSSR count). The fourth-order valence-corrected chi connectivity index (χ4v) is 2.88. The van der Waals surface area contributed by atoms with Gasteiger partial charge in [0.05, 0.1) is 25.4 Å². The zero-order valence-corrected chi connectivity index (χ0v) is 14.7. The van der Waals surface area contributed by atoms with Gasteiger partial charge in [0.1, 0.15) is 11.5 Å². The number of methoxy groups -OCH3 is 1. The molecule has 0 bridgehead atoms. The average molecular weight is 355 g/mol. The van der Waals surface area contributed by atoms with Crippen molar-refractivity contribution in [3.05, 3.63) is 48.0 Å². The lowest BCUT2D eigenvalue weighted by molar-refractivity contribution is -0.114. The van der Waals surface area contributed by atoms with E-state index in [0.717, 1.165) is 11.3 Å². The maximum absolute atomic E-state index is 12.4. The first kappa shape index (κ1) is 17.6. The molecule has 0 spiro atoms. The molecule has 2 aromatic carbocycles. The van der Waals surface area contributed by atoms with Gasteiger partial charge in [-0.05, 0) is 18.2 Å². The molecular formula is C19H21N3O4. The topological polar surface area (TPSA) is 88.7 Å². The standard InChI is InChI=1S/C19H21N3O4/c1-12(23)20-16-8-7-13(11-18(16)25-2)21-19(24)22-15-9-10-26-17-6-4-3-5-14(15)17/h3-8,11,15H,9-10H2,1-2H3,(H,20,23)(H2,21,22,24)/t15-/m1/s1. The van der Waals surface area contributed by atoms with E-state index in [-0.39, 0.29) is 18.0 Å². The van der Waals surface area contributed by atoms with Crippen LogP contribution in [0.15, 0.2) is 42.5 Å². The number of anilines is 2. The highest BCUT2D eigenvalue weighted by atomic mass is 16.5. The Morgan fingerprint density at radius 2 is 1.96 bits per heavy atom. The second-order valence-electron chi connectivity index (χ2n) is 5.92. The summed E-state index contributed by atoms with van der Waals surface area (Å²) in [6.07, 6.45) is 0.704. The highest BCUT2D eigenvalue weighted by Gasteiger charge is 2.22. The first-order chi connectivity index (χ1) is 12.6.